The Morgan fingerprint density at radius 3 is 3.00 bits per heavy atom. The summed E-state index contributed by atoms with van der Waals surface area (Å²) in [6, 6.07) is 10.2. The van der Waals surface area contributed by atoms with Gasteiger partial charge in [0.05, 0.1) is 6.54 Å². The van der Waals surface area contributed by atoms with Crippen molar-refractivity contribution in [1.82, 2.24) is 10.2 Å². The Kier molecular flexibility index (Phi) is 5.36. The highest BCUT2D eigenvalue weighted by Gasteiger charge is 2.19. The summed E-state index contributed by atoms with van der Waals surface area (Å²) in [4.78, 5) is 14.0. The van der Waals surface area contributed by atoms with Gasteiger partial charge in [-0.3, -0.25) is 9.69 Å². The maximum absolute atomic E-state index is 11.9. The number of benzene rings is 1. The van der Waals surface area contributed by atoms with Crippen molar-refractivity contribution in [1.29, 1.82) is 0 Å². The molecular weight excluding hydrogens is 240 g/mol. The highest BCUT2D eigenvalue weighted by molar-refractivity contribution is 5.71. The number of hydrogen-bond donors (Lipinski definition) is 1. The van der Waals surface area contributed by atoms with Crippen LogP contribution in [0.3, 0.4) is 0 Å². The van der Waals surface area contributed by atoms with Crippen LogP contribution in [0.4, 0.5) is 0 Å². The summed E-state index contributed by atoms with van der Waals surface area (Å²) < 4.78 is 5.32. The van der Waals surface area contributed by atoms with Crippen molar-refractivity contribution in [2.45, 2.75) is 26.0 Å². The molecule has 1 N–H and O–H groups in total. The summed E-state index contributed by atoms with van der Waals surface area (Å²) in [7, 11) is 0. The Hall–Kier alpha value is -1.39. The van der Waals surface area contributed by atoms with E-state index in [2.05, 4.69) is 17.1 Å². The molecule has 0 aliphatic carbocycles. The highest BCUT2D eigenvalue weighted by atomic mass is 16.5. The third-order valence-electron chi connectivity index (χ3n) is 3.44. The summed E-state index contributed by atoms with van der Waals surface area (Å²) >= 11 is 0. The average Bonchev–Trinajstić information content (AvgIpc) is 2.63. The number of rotatable bonds is 4. The zero-order valence-electron chi connectivity index (χ0n) is 11.5. The zero-order chi connectivity index (χ0) is 13.5. The Morgan fingerprint density at radius 2 is 2.21 bits per heavy atom. The van der Waals surface area contributed by atoms with Crippen LogP contribution < -0.4 is 5.32 Å². The minimum absolute atomic E-state index is 0.141. The predicted octanol–water partition coefficient (Wildman–Crippen LogP) is 1.41. The first kappa shape index (κ1) is 14.0. The second-order valence-electron chi connectivity index (χ2n) is 5.02. The largest absolute Gasteiger partial charge is 0.460 e. The molecule has 0 amide bonds. The van der Waals surface area contributed by atoms with E-state index in [0.29, 0.717) is 19.2 Å². The topological polar surface area (TPSA) is 41.6 Å². The van der Waals surface area contributed by atoms with Gasteiger partial charge in [0.25, 0.3) is 0 Å². The standard InChI is InChI=1S/C15H22N2O2/c1-13-10-16-8-5-9-17(13)11-15(18)19-12-14-6-3-2-4-7-14/h2-4,6-7,13,16H,5,8-12H2,1H3. The summed E-state index contributed by atoms with van der Waals surface area (Å²) in [5.74, 6) is -0.141. The number of carbonyl (C=O) groups excluding carboxylic acids is 1. The molecule has 1 heterocycles. The lowest BCUT2D eigenvalue weighted by Crippen LogP contribution is -2.41. The number of nitrogens with zero attached hydrogens (tertiary/aromatic N) is 1. The van der Waals surface area contributed by atoms with Crippen LogP contribution in [-0.2, 0) is 16.1 Å². The molecule has 4 heteroatoms. The van der Waals surface area contributed by atoms with Crippen molar-refractivity contribution in [3.8, 4) is 0 Å². The number of hydrogen-bond acceptors (Lipinski definition) is 4. The smallest absolute Gasteiger partial charge is 0.320 e. The molecule has 2 rings (SSSR count). The summed E-state index contributed by atoms with van der Waals surface area (Å²) in [6.45, 7) is 5.80. The fourth-order valence-electron chi connectivity index (χ4n) is 2.25. The molecule has 1 fully saturated rings. The van der Waals surface area contributed by atoms with Crippen molar-refractivity contribution >= 4 is 5.97 Å². The maximum atomic E-state index is 11.9. The van der Waals surface area contributed by atoms with E-state index >= 15 is 0 Å². The fraction of sp³-hybridized carbons (Fsp3) is 0.533. The first-order chi connectivity index (χ1) is 9.25. The molecule has 0 spiro atoms. The molecule has 4 nitrogen and oxygen atoms in total. The van der Waals surface area contributed by atoms with Crippen molar-refractivity contribution in [3.63, 3.8) is 0 Å². The number of nitrogens with one attached hydrogen (secondary N) is 1. The van der Waals surface area contributed by atoms with Crippen molar-refractivity contribution in [2.24, 2.45) is 0 Å². The van der Waals surface area contributed by atoms with E-state index in [9.17, 15) is 4.79 Å². The van der Waals surface area contributed by atoms with E-state index < -0.39 is 0 Å². The second-order valence-corrected chi connectivity index (χ2v) is 5.02. The molecule has 1 atom stereocenters. The average molecular weight is 262 g/mol. The molecule has 1 aromatic carbocycles. The van der Waals surface area contributed by atoms with Crippen LogP contribution in [0.15, 0.2) is 30.3 Å². The van der Waals surface area contributed by atoms with E-state index in [1.807, 2.05) is 30.3 Å². The van der Waals surface area contributed by atoms with Crippen LogP contribution in [-0.4, -0.2) is 43.1 Å². The summed E-state index contributed by atoms with van der Waals surface area (Å²) in [6.07, 6.45) is 1.08. The fourth-order valence-corrected chi connectivity index (χ4v) is 2.25. The van der Waals surface area contributed by atoms with Crippen LogP contribution >= 0.6 is 0 Å². The lowest BCUT2D eigenvalue weighted by molar-refractivity contribution is -0.146. The molecule has 19 heavy (non-hydrogen) atoms. The molecular formula is C15H22N2O2. The second kappa shape index (κ2) is 7.26. The minimum Gasteiger partial charge on any atom is -0.460 e. The van der Waals surface area contributed by atoms with Crippen molar-refractivity contribution < 1.29 is 9.53 Å². The lowest BCUT2D eigenvalue weighted by atomic mass is 10.2. The van der Waals surface area contributed by atoms with Gasteiger partial charge in [0, 0.05) is 19.1 Å². The van der Waals surface area contributed by atoms with Gasteiger partial charge in [-0.05, 0) is 25.5 Å². The van der Waals surface area contributed by atoms with Gasteiger partial charge in [0.15, 0.2) is 0 Å². The summed E-state index contributed by atoms with van der Waals surface area (Å²) in [5.41, 5.74) is 1.03. The molecule has 0 bridgehead atoms. The third kappa shape index (κ3) is 4.65. The van der Waals surface area contributed by atoms with E-state index in [1.165, 1.54) is 0 Å². The van der Waals surface area contributed by atoms with Crippen LogP contribution in [0.25, 0.3) is 0 Å². The molecule has 104 valence electrons. The van der Waals surface area contributed by atoms with E-state index in [4.69, 9.17) is 4.74 Å². The molecule has 0 aromatic heterocycles. The normalized spacial score (nSPS) is 20.8. The van der Waals surface area contributed by atoms with Gasteiger partial charge in [-0.2, -0.15) is 0 Å². The third-order valence-corrected chi connectivity index (χ3v) is 3.44. The van der Waals surface area contributed by atoms with Crippen LogP contribution in [0.5, 0.6) is 0 Å². The SMILES string of the molecule is CC1CNCCCN1CC(=O)OCc1ccccc1. The highest BCUT2D eigenvalue weighted by Crippen LogP contribution is 2.05. The predicted molar refractivity (Wildman–Crippen MR) is 74.8 cm³/mol. The van der Waals surface area contributed by atoms with Gasteiger partial charge in [0.1, 0.15) is 6.61 Å². The first-order valence-corrected chi connectivity index (χ1v) is 6.90. The lowest BCUT2D eigenvalue weighted by Gasteiger charge is -2.25. The Bertz CT molecular complexity index is 394. The van der Waals surface area contributed by atoms with Crippen molar-refractivity contribution in [3.05, 3.63) is 35.9 Å². The molecule has 1 aliphatic heterocycles. The maximum Gasteiger partial charge on any atom is 0.320 e. The Labute approximate surface area is 114 Å². The quantitative estimate of drug-likeness (QED) is 0.833. The monoisotopic (exact) mass is 262 g/mol. The van der Waals surface area contributed by atoms with Crippen LogP contribution in [0.2, 0.25) is 0 Å². The molecule has 0 radical (unpaired) electrons. The van der Waals surface area contributed by atoms with Crippen molar-refractivity contribution in [2.75, 3.05) is 26.2 Å². The molecule has 1 aliphatic rings. The van der Waals surface area contributed by atoms with Gasteiger partial charge in [-0.1, -0.05) is 30.3 Å². The van der Waals surface area contributed by atoms with Gasteiger partial charge >= 0.3 is 5.97 Å². The number of ether oxygens (including phenoxy) is 1. The molecule has 1 unspecified atom stereocenters. The summed E-state index contributed by atoms with van der Waals surface area (Å²) in [5, 5.41) is 3.36. The first-order valence-electron chi connectivity index (χ1n) is 6.90. The Morgan fingerprint density at radius 1 is 1.42 bits per heavy atom. The number of esters is 1. The van der Waals surface area contributed by atoms with Crippen LogP contribution in [0.1, 0.15) is 18.9 Å². The zero-order valence-corrected chi connectivity index (χ0v) is 11.5. The minimum atomic E-state index is -0.141. The van der Waals surface area contributed by atoms with Gasteiger partial charge in [-0.15, -0.1) is 0 Å². The van der Waals surface area contributed by atoms with Gasteiger partial charge in [0.2, 0.25) is 0 Å². The number of carbonyl (C=O) groups is 1. The molecule has 0 saturated carbocycles. The molecule has 1 saturated heterocycles. The van der Waals surface area contributed by atoms with Gasteiger partial charge < -0.3 is 10.1 Å². The van der Waals surface area contributed by atoms with Gasteiger partial charge in [-0.25, -0.2) is 0 Å². The molecule has 1 aromatic rings. The van der Waals surface area contributed by atoms with Crippen LogP contribution in [0, 0.1) is 0 Å². The van der Waals surface area contributed by atoms with E-state index in [0.717, 1.165) is 31.6 Å². The van der Waals surface area contributed by atoms with E-state index in [1.54, 1.807) is 0 Å². The van der Waals surface area contributed by atoms with E-state index in [-0.39, 0.29) is 5.97 Å². The Balaban J connectivity index is 1.77.